The Morgan fingerprint density at radius 3 is 2.20 bits per heavy atom. The van der Waals surface area contributed by atoms with Gasteiger partial charge in [0.15, 0.2) is 0 Å². The molecule has 4 heteroatoms. The predicted molar refractivity (Wildman–Crippen MR) is 38.4 cm³/mol. The molecule has 10 heavy (non-hydrogen) atoms. The van der Waals surface area contributed by atoms with Crippen molar-refractivity contribution < 1.29 is 14.6 Å². The first-order valence-corrected chi connectivity index (χ1v) is 3.16. The summed E-state index contributed by atoms with van der Waals surface area (Å²) in [6, 6.07) is -0.889. The van der Waals surface area contributed by atoms with Gasteiger partial charge >= 0.3 is 5.97 Å². The molecule has 0 fully saturated rings. The molecule has 0 aliphatic rings. The van der Waals surface area contributed by atoms with E-state index in [1.807, 2.05) is 13.8 Å². The van der Waals surface area contributed by atoms with Crippen LogP contribution in [0.3, 0.4) is 0 Å². The van der Waals surface area contributed by atoms with Crippen molar-refractivity contribution in [1.29, 1.82) is 0 Å². The fourth-order valence-corrected chi connectivity index (χ4v) is 0.226. The monoisotopic (exact) mass is 149 g/mol. The molecule has 1 atom stereocenters. The van der Waals surface area contributed by atoms with Crippen molar-refractivity contribution in [3.63, 3.8) is 0 Å². The zero-order valence-electron chi connectivity index (χ0n) is 6.63. The lowest BCUT2D eigenvalue weighted by atomic mass is 10.3. The Balaban J connectivity index is 0. The highest BCUT2D eigenvalue weighted by molar-refractivity contribution is 5.75. The van der Waals surface area contributed by atoms with Gasteiger partial charge in [-0.1, -0.05) is 13.8 Å². The number of methoxy groups -OCH3 is 1. The number of hydrogen-bond acceptors (Lipinski definition) is 4. The molecule has 0 saturated heterocycles. The standard InChI is InChI=1S/C4H9NO3.C2H6/c1-8-4(7)3(5)2-6;1-2/h3,6H,2,5H2,1H3;1-2H3. The Labute approximate surface area is 61.0 Å². The largest absolute Gasteiger partial charge is 0.468 e. The van der Waals surface area contributed by atoms with Crippen molar-refractivity contribution >= 4 is 5.97 Å². The molecular weight excluding hydrogens is 134 g/mol. The molecule has 0 aliphatic carbocycles. The van der Waals surface area contributed by atoms with Gasteiger partial charge in [0.2, 0.25) is 0 Å². The third kappa shape index (κ3) is 5.53. The maximum absolute atomic E-state index is 10.2. The summed E-state index contributed by atoms with van der Waals surface area (Å²) < 4.78 is 4.18. The summed E-state index contributed by atoms with van der Waals surface area (Å²) in [7, 11) is 1.22. The summed E-state index contributed by atoms with van der Waals surface area (Å²) in [6.07, 6.45) is 0. The fourth-order valence-electron chi connectivity index (χ4n) is 0.226. The molecule has 0 heterocycles. The zero-order chi connectivity index (χ0) is 8.57. The molecular formula is C6H15NO3. The van der Waals surface area contributed by atoms with E-state index < -0.39 is 12.0 Å². The van der Waals surface area contributed by atoms with E-state index in [9.17, 15) is 4.79 Å². The van der Waals surface area contributed by atoms with Crippen molar-refractivity contribution in [3.05, 3.63) is 0 Å². The van der Waals surface area contributed by atoms with E-state index in [1.165, 1.54) is 7.11 Å². The quantitative estimate of drug-likeness (QED) is 0.519. The maximum Gasteiger partial charge on any atom is 0.325 e. The van der Waals surface area contributed by atoms with Gasteiger partial charge in [0.25, 0.3) is 0 Å². The van der Waals surface area contributed by atoms with Gasteiger partial charge in [-0.05, 0) is 0 Å². The van der Waals surface area contributed by atoms with Crippen LogP contribution in [-0.2, 0) is 9.53 Å². The SMILES string of the molecule is CC.COC(=O)C(N)CO. The third-order valence-electron chi connectivity index (χ3n) is 0.701. The van der Waals surface area contributed by atoms with Crippen LogP contribution in [0.1, 0.15) is 13.8 Å². The average Bonchev–Trinajstić information content (AvgIpc) is 2.05. The van der Waals surface area contributed by atoms with E-state index in [-0.39, 0.29) is 6.61 Å². The average molecular weight is 149 g/mol. The van der Waals surface area contributed by atoms with Gasteiger partial charge in [-0.2, -0.15) is 0 Å². The number of ether oxygens (including phenoxy) is 1. The van der Waals surface area contributed by atoms with Crippen LogP contribution >= 0.6 is 0 Å². The van der Waals surface area contributed by atoms with E-state index in [2.05, 4.69) is 4.74 Å². The molecule has 0 spiro atoms. The van der Waals surface area contributed by atoms with Crippen LogP contribution < -0.4 is 5.73 Å². The Kier molecular flexibility index (Phi) is 10.2. The summed E-state index contributed by atoms with van der Waals surface area (Å²) >= 11 is 0. The summed E-state index contributed by atoms with van der Waals surface area (Å²) in [6.45, 7) is 3.63. The van der Waals surface area contributed by atoms with Crippen molar-refractivity contribution in [3.8, 4) is 0 Å². The number of carbonyl (C=O) groups excluding carboxylic acids is 1. The van der Waals surface area contributed by atoms with Gasteiger partial charge in [0, 0.05) is 0 Å². The minimum Gasteiger partial charge on any atom is -0.468 e. The molecule has 0 aliphatic heterocycles. The molecule has 62 valence electrons. The van der Waals surface area contributed by atoms with Gasteiger partial charge in [0.1, 0.15) is 6.04 Å². The highest BCUT2D eigenvalue weighted by Crippen LogP contribution is 1.78. The van der Waals surface area contributed by atoms with E-state index in [0.717, 1.165) is 0 Å². The van der Waals surface area contributed by atoms with Crippen LogP contribution in [0, 0.1) is 0 Å². The van der Waals surface area contributed by atoms with E-state index in [0.29, 0.717) is 0 Å². The first-order valence-electron chi connectivity index (χ1n) is 3.16. The van der Waals surface area contributed by atoms with Crippen molar-refractivity contribution in [1.82, 2.24) is 0 Å². The van der Waals surface area contributed by atoms with Crippen LogP contribution in [0.4, 0.5) is 0 Å². The number of rotatable bonds is 2. The molecule has 0 bridgehead atoms. The number of esters is 1. The lowest BCUT2D eigenvalue weighted by Gasteiger charge is -2.02. The first kappa shape index (κ1) is 12.1. The van der Waals surface area contributed by atoms with Crippen molar-refractivity contribution in [2.24, 2.45) is 5.73 Å². The second-order valence-corrected chi connectivity index (χ2v) is 1.31. The molecule has 0 aromatic heterocycles. The Bertz CT molecular complexity index is 85.1. The number of nitrogens with two attached hydrogens (primary N) is 1. The predicted octanol–water partition coefficient (Wildman–Crippen LogP) is -0.495. The normalized spacial score (nSPS) is 10.9. The Hall–Kier alpha value is -0.610. The molecule has 0 aromatic carbocycles. The first-order chi connectivity index (χ1) is 4.72. The highest BCUT2D eigenvalue weighted by atomic mass is 16.5. The minimum atomic E-state index is -0.889. The van der Waals surface area contributed by atoms with Crippen LogP contribution in [0.2, 0.25) is 0 Å². The number of aliphatic hydroxyl groups is 1. The minimum absolute atomic E-state index is 0.368. The number of hydrogen-bond donors (Lipinski definition) is 2. The molecule has 0 aromatic rings. The van der Waals surface area contributed by atoms with Gasteiger partial charge < -0.3 is 15.6 Å². The van der Waals surface area contributed by atoms with Crippen molar-refractivity contribution in [2.75, 3.05) is 13.7 Å². The Morgan fingerprint density at radius 2 is 2.10 bits per heavy atom. The summed E-state index contributed by atoms with van der Waals surface area (Å²) in [5, 5.41) is 8.21. The van der Waals surface area contributed by atoms with Crippen LogP contribution in [0.15, 0.2) is 0 Å². The second kappa shape index (κ2) is 8.39. The van der Waals surface area contributed by atoms with E-state index in [1.54, 1.807) is 0 Å². The van der Waals surface area contributed by atoms with Gasteiger partial charge in [-0.25, -0.2) is 0 Å². The molecule has 1 unspecified atom stereocenters. The smallest absolute Gasteiger partial charge is 0.325 e. The maximum atomic E-state index is 10.2. The van der Waals surface area contributed by atoms with Crippen molar-refractivity contribution in [2.45, 2.75) is 19.9 Å². The zero-order valence-corrected chi connectivity index (χ0v) is 6.63. The second-order valence-electron chi connectivity index (χ2n) is 1.31. The number of aliphatic hydroxyl groups excluding tert-OH is 1. The molecule has 0 saturated carbocycles. The van der Waals surface area contributed by atoms with Gasteiger partial charge in [-0.15, -0.1) is 0 Å². The Morgan fingerprint density at radius 1 is 1.70 bits per heavy atom. The van der Waals surface area contributed by atoms with E-state index >= 15 is 0 Å². The number of carbonyl (C=O) groups is 1. The van der Waals surface area contributed by atoms with E-state index in [4.69, 9.17) is 10.8 Å². The molecule has 3 N–H and O–H groups in total. The molecule has 0 amide bonds. The van der Waals surface area contributed by atoms with Gasteiger partial charge in [0.05, 0.1) is 13.7 Å². The lowest BCUT2D eigenvalue weighted by Crippen LogP contribution is -2.34. The summed E-state index contributed by atoms with van der Waals surface area (Å²) in [5.74, 6) is -0.590. The summed E-state index contributed by atoms with van der Waals surface area (Å²) in [5.41, 5.74) is 5.00. The highest BCUT2D eigenvalue weighted by Gasteiger charge is 2.10. The van der Waals surface area contributed by atoms with Crippen LogP contribution in [-0.4, -0.2) is 30.8 Å². The fraction of sp³-hybridized carbons (Fsp3) is 0.833. The van der Waals surface area contributed by atoms with Crippen LogP contribution in [0.5, 0.6) is 0 Å². The summed E-state index contributed by atoms with van der Waals surface area (Å²) in [4.78, 5) is 10.2. The van der Waals surface area contributed by atoms with Gasteiger partial charge in [-0.3, -0.25) is 4.79 Å². The molecule has 0 rings (SSSR count). The lowest BCUT2D eigenvalue weighted by molar-refractivity contribution is -0.143. The van der Waals surface area contributed by atoms with Crippen LogP contribution in [0.25, 0.3) is 0 Å². The third-order valence-corrected chi connectivity index (χ3v) is 0.701. The molecule has 4 nitrogen and oxygen atoms in total. The molecule has 0 radical (unpaired) electrons. The topological polar surface area (TPSA) is 72.5 Å².